The van der Waals surface area contributed by atoms with Crippen molar-refractivity contribution >= 4 is 5.91 Å². The van der Waals surface area contributed by atoms with Gasteiger partial charge in [-0.25, -0.2) is 0 Å². The Hall–Kier alpha value is -1.25. The summed E-state index contributed by atoms with van der Waals surface area (Å²) in [6.45, 7) is 3.95. The van der Waals surface area contributed by atoms with Gasteiger partial charge in [0.1, 0.15) is 5.76 Å². The molecule has 0 spiro atoms. The third kappa shape index (κ3) is 1.74. The van der Waals surface area contributed by atoms with E-state index in [1.807, 2.05) is 6.92 Å². The molecule has 1 aromatic rings. The van der Waals surface area contributed by atoms with Gasteiger partial charge in [-0.05, 0) is 31.4 Å². The molecule has 1 aliphatic carbocycles. The molecule has 0 unspecified atom stereocenters. The molecule has 1 aromatic heterocycles. The fourth-order valence-corrected chi connectivity index (χ4v) is 1.32. The van der Waals surface area contributed by atoms with Gasteiger partial charge in [-0.3, -0.25) is 4.79 Å². The van der Waals surface area contributed by atoms with E-state index in [1.165, 1.54) is 0 Å². The molecule has 2 atom stereocenters. The van der Waals surface area contributed by atoms with E-state index in [0.717, 1.165) is 12.2 Å². The molecule has 0 bridgehead atoms. The summed E-state index contributed by atoms with van der Waals surface area (Å²) in [6, 6.07) is 3.86. The minimum Gasteiger partial charge on any atom is -0.456 e. The molecule has 0 aromatic carbocycles. The lowest BCUT2D eigenvalue weighted by molar-refractivity contribution is 0.0920. The Morgan fingerprint density at radius 1 is 1.62 bits per heavy atom. The fraction of sp³-hybridized carbons (Fsp3) is 0.500. The molecule has 1 heterocycles. The van der Waals surface area contributed by atoms with Gasteiger partial charge in [0.05, 0.1) is 0 Å². The van der Waals surface area contributed by atoms with Crippen molar-refractivity contribution in [2.75, 3.05) is 0 Å². The van der Waals surface area contributed by atoms with Gasteiger partial charge in [-0.15, -0.1) is 0 Å². The molecule has 1 saturated carbocycles. The van der Waals surface area contributed by atoms with Crippen molar-refractivity contribution in [3.05, 3.63) is 23.7 Å². The van der Waals surface area contributed by atoms with E-state index in [9.17, 15) is 4.79 Å². The molecule has 70 valence electrons. The fourth-order valence-electron chi connectivity index (χ4n) is 1.32. The first kappa shape index (κ1) is 8.35. The summed E-state index contributed by atoms with van der Waals surface area (Å²) in [4.78, 5) is 11.4. The van der Waals surface area contributed by atoms with Crippen molar-refractivity contribution in [3.8, 4) is 0 Å². The number of nitrogens with one attached hydrogen (secondary N) is 1. The molecule has 0 saturated heterocycles. The van der Waals surface area contributed by atoms with Crippen LogP contribution in [0.4, 0.5) is 0 Å². The van der Waals surface area contributed by atoms with E-state index < -0.39 is 0 Å². The van der Waals surface area contributed by atoms with Gasteiger partial charge in [-0.2, -0.15) is 0 Å². The summed E-state index contributed by atoms with van der Waals surface area (Å²) in [5, 5.41) is 2.90. The van der Waals surface area contributed by atoms with Gasteiger partial charge in [0, 0.05) is 6.04 Å². The van der Waals surface area contributed by atoms with Crippen molar-refractivity contribution in [1.82, 2.24) is 5.32 Å². The van der Waals surface area contributed by atoms with Crippen LogP contribution in [0, 0.1) is 12.8 Å². The second kappa shape index (κ2) is 2.91. The number of carbonyl (C=O) groups is 1. The van der Waals surface area contributed by atoms with E-state index in [0.29, 0.717) is 17.7 Å². The number of amides is 1. The molecule has 1 N–H and O–H groups in total. The maximum atomic E-state index is 11.4. The van der Waals surface area contributed by atoms with Gasteiger partial charge < -0.3 is 9.73 Å². The minimum absolute atomic E-state index is 0.0950. The highest BCUT2D eigenvalue weighted by molar-refractivity contribution is 5.91. The molecular weight excluding hydrogens is 166 g/mol. The van der Waals surface area contributed by atoms with Crippen LogP contribution in [-0.4, -0.2) is 11.9 Å². The summed E-state index contributed by atoms with van der Waals surface area (Å²) in [5.41, 5.74) is 0. The van der Waals surface area contributed by atoms with E-state index in [-0.39, 0.29) is 5.91 Å². The monoisotopic (exact) mass is 179 g/mol. The molecule has 1 fully saturated rings. The predicted octanol–water partition coefficient (Wildman–Crippen LogP) is 1.73. The smallest absolute Gasteiger partial charge is 0.287 e. The zero-order chi connectivity index (χ0) is 9.42. The summed E-state index contributed by atoms with van der Waals surface area (Å²) < 4.78 is 5.20. The molecule has 2 rings (SSSR count). The van der Waals surface area contributed by atoms with Crippen LogP contribution in [0.1, 0.15) is 29.7 Å². The third-order valence-electron chi connectivity index (χ3n) is 2.39. The molecule has 13 heavy (non-hydrogen) atoms. The average Bonchev–Trinajstić information content (AvgIpc) is 2.62. The first-order valence-corrected chi connectivity index (χ1v) is 4.54. The lowest BCUT2D eigenvalue weighted by atomic mass is 10.4. The van der Waals surface area contributed by atoms with Crippen LogP contribution >= 0.6 is 0 Å². The van der Waals surface area contributed by atoms with E-state index in [4.69, 9.17) is 4.42 Å². The Labute approximate surface area is 77.1 Å². The standard InChI is InChI=1S/C10H13NO2/c1-6-5-8(6)11-10(12)9-4-3-7(2)13-9/h3-4,6,8H,5H2,1-2H3,(H,11,12)/t6-,8-/m1/s1. The maximum absolute atomic E-state index is 11.4. The SMILES string of the molecule is Cc1ccc(C(=O)N[C@@H]2C[C@H]2C)o1. The molecule has 1 amide bonds. The third-order valence-corrected chi connectivity index (χ3v) is 2.39. The Kier molecular flexibility index (Phi) is 1.87. The van der Waals surface area contributed by atoms with Gasteiger partial charge in [0.25, 0.3) is 5.91 Å². The summed E-state index contributed by atoms with van der Waals surface area (Å²) in [5.74, 6) is 1.72. The highest BCUT2D eigenvalue weighted by Gasteiger charge is 2.34. The first-order valence-electron chi connectivity index (χ1n) is 4.54. The number of furan rings is 1. The van der Waals surface area contributed by atoms with Crippen LogP contribution in [0.2, 0.25) is 0 Å². The maximum Gasteiger partial charge on any atom is 0.287 e. The summed E-state index contributed by atoms with van der Waals surface area (Å²) >= 11 is 0. The molecule has 0 radical (unpaired) electrons. The van der Waals surface area contributed by atoms with Crippen molar-refractivity contribution in [2.45, 2.75) is 26.3 Å². The summed E-state index contributed by atoms with van der Waals surface area (Å²) in [7, 11) is 0. The summed E-state index contributed by atoms with van der Waals surface area (Å²) in [6.07, 6.45) is 1.09. The number of rotatable bonds is 2. The average molecular weight is 179 g/mol. The number of carbonyl (C=O) groups excluding carboxylic acids is 1. The van der Waals surface area contributed by atoms with E-state index >= 15 is 0 Å². The van der Waals surface area contributed by atoms with Crippen molar-refractivity contribution in [1.29, 1.82) is 0 Å². The van der Waals surface area contributed by atoms with Gasteiger partial charge in [0.15, 0.2) is 5.76 Å². The zero-order valence-corrected chi connectivity index (χ0v) is 7.83. The lowest BCUT2D eigenvalue weighted by Crippen LogP contribution is -2.25. The second-order valence-electron chi connectivity index (χ2n) is 3.70. The Balaban J connectivity index is 1.97. The second-order valence-corrected chi connectivity index (χ2v) is 3.70. The van der Waals surface area contributed by atoms with Crippen LogP contribution < -0.4 is 5.32 Å². The van der Waals surface area contributed by atoms with Gasteiger partial charge in [0.2, 0.25) is 0 Å². The van der Waals surface area contributed by atoms with E-state index in [1.54, 1.807) is 12.1 Å². The van der Waals surface area contributed by atoms with E-state index in [2.05, 4.69) is 12.2 Å². The van der Waals surface area contributed by atoms with Crippen LogP contribution in [-0.2, 0) is 0 Å². The highest BCUT2D eigenvalue weighted by atomic mass is 16.3. The molecule has 3 nitrogen and oxygen atoms in total. The number of aryl methyl sites for hydroxylation is 1. The van der Waals surface area contributed by atoms with Crippen LogP contribution in [0.25, 0.3) is 0 Å². The van der Waals surface area contributed by atoms with Crippen molar-refractivity contribution in [3.63, 3.8) is 0 Å². The Morgan fingerprint density at radius 2 is 2.31 bits per heavy atom. The largest absolute Gasteiger partial charge is 0.456 e. The molecule has 3 heteroatoms. The van der Waals surface area contributed by atoms with Crippen molar-refractivity contribution in [2.24, 2.45) is 5.92 Å². The molecule has 0 aliphatic heterocycles. The molecular formula is C10H13NO2. The van der Waals surface area contributed by atoms with Gasteiger partial charge in [-0.1, -0.05) is 6.92 Å². The number of hydrogen-bond donors (Lipinski definition) is 1. The van der Waals surface area contributed by atoms with Crippen LogP contribution in [0.3, 0.4) is 0 Å². The van der Waals surface area contributed by atoms with Crippen LogP contribution in [0.5, 0.6) is 0 Å². The quantitative estimate of drug-likeness (QED) is 0.751. The Bertz CT molecular complexity index is 329. The lowest BCUT2D eigenvalue weighted by Gasteiger charge is -1.99. The van der Waals surface area contributed by atoms with Gasteiger partial charge >= 0.3 is 0 Å². The predicted molar refractivity (Wildman–Crippen MR) is 48.5 cm³/mol. The Morgan fingerprint density at radius 3 is 2.77 bits per heavy atom. The normalized spacial score (nSPS) is 25.7. The minimum atomic E-state index is -0.0950. The first-order chi connectivity index (χ1) is 6.16. The molecule has 1 aliphatic rings. The van der Waals surface area contributed by atoms with Crippen molar-refractivity contribution < 1.29 is 9.21 Å². The number of hydrogen-bond acceptors (Lipinski definition) is 2. The highest BCUT2D eigenvalue weighted by Crippen LogP contribution is 2.29. The zero-order valence-electron chi connectivity index (χ0n) is 7.83. The topological polar surface area (TPSA) is 42.2 Å². The van der Waals surface area contributed by atoms with Crippen LogP contribution in [0.15, 0.2) is 16.5 Å².